The molecule has 2 heterocycles. The molecule has 4 amide bonds. The fraction of sp³-hybridized carbons (Fsp3) is 0.600. The van der Waals surface area contributed by atoms with Crippen molar-refractivity contribution < 1.29 is 47.6 Å². The Kier molecular flexibility index (Phi) is 13.7. The minimum atomic E-state index is -0.696. The quantitative estimate of drug-likeness (QED) is 0.173. The number of piperidine rings is 1. The molecule has 2 fully saturated rings. The van der Waals surface area contributed by atoms with Crippen LogP contribution in [0.15, 0.2) is 24.3 Å². The van der Waals surface area contributed by atoms with Gasteiger partial charge in [0.2, 0.25) is 11.8 Å². The van der Waals surface area contributed by atoms with Gasteiger partial charge in [0.15, 0.2) is 0 Å². The van der Waals surface area contributed by atoms with Crippen molar-refractivity contribution in [1.29, 1.82) is 0 Å². The Bertz CT molecular complexity index is 1140. The van der Waals surface area contributed by atoms with E-state index in [1.54, 1.807) is 20.8 Å². The summed E-state index contributed by atoms with van der Waals surface area (Å²) in [5.74, 6) is 5.17. The van der Waals surface area contributed by atoms with Crippen LogP contribution >= 0.6 is 0 Å². The molecule has 13 heteroatoms. The molecule has 1 aromatic carbocycles. The average Bonchev–Trinajstić information content (AvgIpc) is 3.33. The maximum Gasteiger partial charge on any atom is 0.411 e. The maximum atomic E-state index is 12.3. The fourth-order valence-corrected chi connectivity index (χ4v) is 4.13. The average molecular weight is 604 g/mol. The van der Waals surface area contributed by atoms with Crippen molar-refractivity contribution in [2.24, 2.45) is 0 Å². The Morgan fingerprint density at radius 3 is 2.23 bits per heavy atom. The number of imide groups is 1. The number of hydrogen-bond acceptors (Lipinski definition) is 10. The third-order valence-electron chi connectivity index (χ3n) is 6.15. The lowest BCUT2D eigenvalue weighted by Crippen LogP contribution is -2.52. The van der Waals surface area contributed by atoms with Crippen LogP contribution in [0.5, 0.6) is 0 Å². The number of hydrogen-bond donors (Lipinski definition) is 2. The first-order valence-electron chi connectivity index (χ1n) is 14.3. The number of alkyl carbamates (subject to hydrolysis) is 1. The fourth-order valence-electron chi connectivity index (χ4n) is 4.13. The molecule has 2 saturated heterocycles. The van der Waals surface area contributed by atoms with Crippen LogP contribution in [0.3, 0.4) is 0 Å². The van der Waals surface area contributed by atoms with Gasteiger partial charge in [-0.3, -0.25) is 19.8 Å². The molecule has 13 nitrogen and oxygen atoms in total. The highest BCUT2D eigenvalue weighted by molar-refractivity contribution is 6.01. The summed E-state index contributed by atoms with van der Waals surface area (Å²) in [6.07, 6.45) is -1.04. The second-order valence-corrected chi connectivity index (χ2v) is 10.7. The second kappa shape index (κ2) is 17.4. The van der Waals surface area contributed by atoms with Gasteiger partial charge in [0, 0.05) is 18.5 Å². The lowest BCUT2D eigenvalue weighted by atomic mass is 10.0. The molecule has 3 rings (SSSR count). The number of nitrogens with zero attached hydrogens (tertiary/aromatic N) is 1. The molecule has 1 aromatic rings. The van der Waals surface area contributed by atoms with Crippen LogP contribution in [0.2, 0.25) is 0 Å². The highest BCUT2D eigenvalue weighted by atomic mass is 16.6. The van der Waals surface area contributed by atoms with Gasteiger partial charge in [0.25, 0.3) is 0 Å². The number of carbonyl (C=O) groups excluding carboxylic acids is 4. The standard InChI is InChI=1S/C30H41N3O10/c1-30(2,3)43-28(36)31-12-14-39-16-18-41-20-19-40-17-15-38-13-4-5-22-6-8-23(9-7-22)25-21-33(29(37)42-25)24-10-11-26(34)32-27(24)35/h6-9,24-25H,10-21H2,1-3H3,(H,31,36)(H,32,34,35)/t24-,25+/m0/s1. The lowest BCUT2D eigenvalue weighted by Gasteiger charge is -2.27. The summed E-state index contributed by atoms with van der Waals surface area (Å²) in [4.78, 5) is 48.7. The maximum absolute atomic E-state index is 12.3. The molecule has 2 aliphatic rings. The van der Waals surface area contributed by atoms with Crippen LogP contribution in [0.1, 0.15) is 50.8 Å². The minimum absolute atomic E-state index is 0.196. The predicted molar refractivity (Wildman–Crippen MR) is 153 cm³/mol. The topological polar surface area (TPSA) is 151 Å². The van der Waals surface area contributed by atoms with E-state index in [-0.39, 0.29) is 25.5 Å². The number of amides is 4. The van der Waals surface area contributed by atoms with E-state index in [4.69, 9.17) is 28.4 Å². The summed E-state index contributed by atoms with van der Waals surface area (Å²) in [6.45, 7) is 9.17. The number of nitrogens with one attached hydrogen (secondary N) is 2. The SMILES string of the molecule is CC(C)(C)OC(=O)NCCOCCOCCOCCOCC#Cc1ccc([C@H]2CN([C@H]3CCC(=O)NC3=O)C(=O)O2)cc1. The van der Waals surface area contributed by atoms with E-state index in [0.717, 1.165) is 11.1 Å². The number of benzene rings is 1. The van der Waals surface area contributed by atoms with Gasteiger partial charge in [0.05, 0.1) is 52.8 Å². The zero-order valence-corrected chi connectivity index (χ0v) is 25.0. The van der Waals surface area contributed by atoms with E-state index >= 15 is 0 Å². The van der Waals surface area contributed by atoms with Crippen LogP contribution in [-0.4, -0.2) is 106 Å². The summed E-state index contributed by atoms with van der Waals surface area (Å²) in [5.41, 5.74) is 1.06. The molecule has 0 radical (unpaired) electrons. The Morgan fingerprint density at radius 1 is 0.977 bits per heavy atom. The molecule has 2 N–H and O–H groups in total. The molecule has 0 unspecified atom stereocenters. The molecule has 43 heavy (non-hydrogen) atoms. The first-order valence-corrected chi connectivity index (χ1v) is 14.3. The van der Waals surface area contributed by atoms with Crippen LogP contribution < -0.4 is 10.6 Å². The largest absolute Gasteiger partial charge is 0.444 e. The normalized spacial score (nSPS) is 18.5. The zero-order chi connectivity index (χ0) is 31.1. The van der Waals surface area contributed by atoms with E-state index in [0.29, 0.717) is 59.2 Å². The van der Waals surface area contributed by atoms with Gasteiger partial charge < -0.3 is 33.7 Å². The molecule has 0 aliphatic carbocycles. The number of cyclic esters (lactones) is 1. The number of ether oxygens (including phenoxy) is 6. The van der Waals surface area contributed by atoms with Crippen LogP contribution in [0, 0.1) is 11.8 Å². The summed E-state index contributed by atoms with van der Waals surface area (Å²) in [5, 5.41) is 4.89. The van der Waals surface area contributed by atoms with Gasteiger partial charge in [-0.25, -0.2) is 9.59 Å². The van der Waals surface area contributed by atoms with Crippen molar-refractivity contribution in [3.05, 3.63) is 35.4 Å². The van der Waals surface area contributed by atoms with Crippen molar-refractivity contribution in [2.75, 3.05) is 65.9 Å². The molecule has 2 aliphatic heterocycles. The highest BCUT2D eigenvalue weighted by Crippen LogP contribution is 2.29. The summed E-state index contributed by atoms with van der Waals surface area (Å²) in [7, 11) is 0. The number of rotatable bonds is 15. The predicted octanol–water partition coefficient (Wildman–Crippen LogP) is 1.93. The smallest absolute Gasteiger partial charge is 0.411 e. The molecule has 0 aromatic heterocycles. The van der Waals surface area contributed by atoms with Gasteiger partial charge in [-0.1, -0.05) is 24.0 Å². The monoisotopic (exact) mass is 603 g/mol. The first kappa shape index (κ1) is 33.8. The molecular weight excluding hydrogens is 562 g/mol. The lowest BCUT2D eigenvalue weighted by molar-refractivity contribution is -0.136. The zero-order valence-electron chi connectivity index (χ0n) is 25.0. The van der Waals surface area contributed by atoms with E-state index in [9.17, 15) is 19.2 Å². The molecular formula is C30H41N3O10. The van der Waals surface area contributed by atoms with Crippen molar-refractivity contribution in [1.82, 2.24) is 15.5 Å². The van der Waals surface area contributed by atoms with E-state index in [1.165, 1.54) is 4.90 Å². The molecule has 2 atom stereocenters. The van der Waals surface area contributed by atoms with Crippen LogP contribution in [0.4, 0.5) is 9.59 Å². The van der Waals surface area contributed by atoms with Crippen LogP contribution in [-0.2, 0) is 38.0 Å². The Balaban J connectivity index is 1.17. The molecule has 0 bridgehead atoms. The van der Waals surface area contributed by atoms with Crippen LogP contribution in [0.25, 0.3) is 0 Å². The minimum Gasteiger partial charge on any atom is -0.444 e. The second-order valence-electron chi connectivity index (χ2n) is 10.7. The van der Waals surface area contributed by atoms with Gasteiger partial charge >= 0.3 is 12.2 Å². The first-order chi connectivity index (χ1) is 20.6. The molecule has 236 valence electrons. The van der Waals surface area contributed by atoms with Gasteiger partial charge in [-0.15, -0.1) is 0 Å². The number of carbonyl (C=O) groups is 4. The third-order valence-corrected chi connectivity index (χ3v) is 6.15. The molecule has 0 saturated carbocycles. The van der Waals surface area contributed by atoms with Gasteiger partial charge in [0.1, 0.15) is 24.4 Å². The third kappa shape index (κ3) is 12.6. The van der Waals surface area contributed by atoms with E-state index in [2.05, 4.69) is 22.5 Å². The Labute approximate surface area is 251 Å². The van der Waals surface area contributed by atoms with E-state index in [1.807, 2.05) is 24.3 Å². The van der Waals surface area contributed by atoms with Crippen molar-refractivity contribution in [3.63, 3.8) is 0 Å². The molecule has 0 spiro atoms. The van der Waals surface area contributed by atoms with Crippen molar-refractivity contribution in [2.45, 2.75) is 51.4 Å². The Morgan fingerprint density at radius 2 is 1.60 bits per heavy atom. The van der Waals surface area contributed by atoms with Crippen molar-refractivity contribution in [3.8, 4) is 11.8 Å². The van der Waals surface area contributed by atoms with Gasteiger partial charge in [-0.05, 0) is 44.9 Å². The summed E-state index contributed by atoms with van der Waals surface area (Å²) >= 11 is 0. The Hall–Kier alpha value is -3.70. The van der Waals surface area contributed by atoms with E-state index < -0.39 is 35.8 Å². The highest BCUT2D eigenvalue weighted by Gasteiger charge is 2.41. The van der Waals surface area contributed by atoms with Crippen molar-refractivity contribution >= 4 is 24.0 Å². The van der Waals surface area contributed by atoms with Gasteiger partial charge in [-0.2, -0.15) is 0 Å². The summed E-state index contributed by atoms with van der Waals surface area (Å²) < 4.78 is 32.3. The summed E-state index contributed by atoms with van der Waals surface area (Å²) in [6, 6.07) is 6.64.